The molecule has 1 aliphatic carbocycles. The van der Waals surface area contributed by atoms with Crippen molar-refractivity contribution in [3.8, 4) is 11.1 Å². The van der Waals surface area contributed by atoms with Crippen molar-refractivity contribution in [1.29, 1.82) is 0 Å². The summed E-state index contributed by atoms with van der Waals surface area (Å²) in [7, 11) is 1.89. The molecule has 4 atom stereocenters. The van der Waals surface area contributed by atoms with Crippen LogP contribution in [0.15, 0.2) is 66.0 Å². The number of carbonyl (C=O) groups is 1. The molecule has 34 heavy (non-hydrogen) atoms. The maximum absolute atomic E-state index is 11.7. The number of anilines is 1. The maximum atomic E-state index is 11.7. The highest BCUT2D eigenvalue weighted by molar-refractivity contribution is 5.77. The molecule has 0 radical (unpaired) electrons. The lowest BCUT2D eigenvalue weighted by atomic mass is 9.78. The predicted molar refractivity (Wildman–Crippen MR) is 132 cm³/mol. The van der Waals surface area contributed by atoms with Gasteiger partial charge in [0.1, 0.15) is 0 Å². The number of nitrogens with zero attached hydrogens (tertiary/aromatic N) is 1. The van der Waals surface area contributed by atoms with Crippen LogP contribution in [-0.2, 0) is 4.74 Å². The summed E-state index contributed by atoms with van der Waals surface area (Å²) in [5.74, 6) is 0.338. The van der Waals surface area contributed by atoms with Gasteiger partial charge in [-0.15, -0.1) is 0 Å². The third-order valence-corrected chi connectivity index (χ3v) is 6.70. The van der Waals surface area contributed by atoms with Crippen molar-refractivity contribution in [2.75, 3.05) is 12.4 Å². The topological polar surface area (TPSA) is 104 Å². The van der Waals surface area contributed by atoms with Crippen LogP contribution in [0.3, 0.4) is 0 Å². The molecular weight excluding hydrogens is 430 g/mol. The zero-order valence-corrected chi connectivity index (χ0v) is 19.3. The Kier molecular flexibility index (Phi) is 7.87. The van der Waals surface area contributed by atoms with Gasteiger partial charge in [-0.1, -0.05) is 43.2 Å². The van der Waals surface area contributed by atoms with Crippen LogP contribution >= 0.6 is 0 Å². The van der Waals surface area contributed by atoms with E-state index in [0.29, 0.717) is 24.2 Å². The van der Waals surface area contributed by atoms with Crippen LogP contribution in [-0.4, -0.2) is 40.6 Å². The molecule has 5 rings (SSSR count). The minimum Gasteiger partial charge on any atom is -0.393 e. The van der Waals surface area contributed by atoms with Gasteiger partial charge < -0.3 is 20.1 Å². The van der Waals surface area contributed by atoms with Crippen molar-refractivity contribution >= 4 is 12.0 Å². The number of aromatic amines is 1. The number of rotatable bonds is 4. The monoisotopic (exact) mass is 461 g/mol. The molecule has 0 spiro atoms. The number of fused-ring (bicyclic) bond motifs is 1. The van der Waals surface area contributed by atoms with Crippen LogP contribution in [0.4, 0.5) is 5.69 Å². The van der Waals surface area contributed by atoms with E-state index in [1.807, 2.05) is 49.6 Å². The number of carbonyl (C=O) groups excluding carboxylic acids is 1. The Morgan fingerprint density at radius 1 is 1.15 bits per heavy atom. The van der Waals surface area contributed by atoms with Crippen LogP contribution < -0.4 is 10.7 Å². The predicted octanol–water partition coefficient (Wildman–Crippen LogP) is 4.36. The fourth-order valence-corrected chi connectivity index (χ4v) is 4.91. The molecule has 2 aliphatic rings. The van der Waals surface area contributed by atoms with Gasteiger partial charge in [0.05, 0.1) is 35.8 Å². The average Bonchev–Trinajstić information content (AvgIpc) is 2.89. The second kappa shape index (κ2) is 11.2. The number of aromatic nitrogens is 2. The Morgan fingerprint density at radius 3 is 2.71 bits per heavy atom. The second-order valence-corrected chi connectivity index (χ2v) is 8.76. The van der Waals surface area contributed by atoms with Crippen molar-refractivity contribution in [2.24, 2.45) is 5.92 Å². The fourth-order valence-electron chi connectivity index (χ4n) is 4.91. The first-order valence-electron chi connectivity index (χ1n) is 11.8. The fraction of sp³-hybridized carbons (Fsp3) is 0.370. The Labute approximate surface area is 199 Å². The number of pyridine rings is 2. The van der Waals surface area contributed by atoms with Crippen LogP contribution in [0.2, 0.25) is 0 Å². The largest absolute Gasteiger partial charge is 0.393 e. The Balaban J connectivity index is 0.000000166. The number of aldehydes is 1. The highest BCUT2D eigenvalue weighted by Gasteiger charge is 2.39. The van der Waals surface area contributed by atoms with Gasteiger partial charge in [0.2, 0.25) is 0 Å². The molecule has 0 amide bonds. The summed E-state index contributed by atoms with van der Waals surface area (Å²) in [5, 5.41) is 13.5. The van der Waals surface area contributed by atoms with E-state index < -0.39 is 0 Å². The molecule has 4 unspecified atom stereocenters. The van der Waals surface area contributed by atoms with Gasteiger partial charge in [-0.05, 0) is 24.5 Å². The highest BCUT2D eigenvalue weighted by Crippen LogP contribution is 2.42. The Morgan fingerprint density at radius 2 is 1.94 bits per heavy atom. The Hall–Kier alpha value is -3.29. The minimum atomic E-state index is -0.241. The SMILES string of the molecule is CNc1cnccc1C1CC(O)C2CCCCC2O1.O=Cc1c[nH]cc(-c2ccccc2)c1=O. The smallest absolute Gasteiger partial charge is 0.199 e. The van der Waals surface area contributed by atoms with Crippen LogP contribution in [0.1, 0.15) is 54.1 Å². The summed E-state index contributed by atoms with van der Waals surface area (Å²) in [6.45, 7) is 0. The summed E-state index contributed by atoms with van der Waals surface area (Å²) in [5.41, 5.74) is 3.34. The lowest BCUT2D eigenvalue weighted by Crippen LogP contribution is -2.43. The van der Waals surface area contributed by atoms with Gasteiger partial charge in [-0.2, -0.15) is 0 Å². The normalized spacial score (nSPS) is 23.7. The zero-order chi connectivity index (χ0) is 23.9. The van der Waals surface area contributed by atoms with Gasteiger partial charge in [0.15, 0.2) is 11.7 Å². The molecule has 1 aliphatic heterocycles. The lowest BCUT2D eigenvalue weighted by Gasteiger charge is -2.43. The summed E-state index contributed by atoms with van der Waals surface area (Å²) in [6.07, 6.45) is 12.5. The first-order valence-corrected chi connectivity index (χ1v) is 11.8. The molecule has 3 aromatic rings. The van der Waals surface area contributed by atoms with Gasteiger partial charge >= 0.3 is 0 Å². The van der Waals surface area contributed by atoms with E-state index in [2.05, 4.69) is 15.3 Å². The number of hydrogen-bond acceptors (Lipinski definition) is 6. The van der Waals surface area contributed by atoms with Crippen LogP contribution in [0, 0.1) is 5.92 Å². The van der Waals surface area contributed by atoms with Crippen LogP contribution in [0.5, 0.6) is 0 Å². The first-order chi connectivity index (χ1) is 16.6. The number of benzene rings is 1. The maximum Gasteiger partial charge on any atom is 0.199 e. The second-order valence-electron chi connectivity index (χ2n) is 8.76. The van der Waals surface area contributed by atoms with E-state index in [4.69, 9.17) is 4.74 Å². The molecule has 7 nitrogen and oxygen atoms in total. The number of aliphatic hydroxyl groups is 1. The van der Waals surface area contributed by atoms with Crippen molar-refractivity contribution in [3.63, 3.8) is 0 Å². The number of hydrogen-bond donors (Lipinski definition) is 3. The minimum absolute atomic E-state index is 0.0141. The molecule has 0 bridgehead atoms. The van der Waals surface area contributed by atoms with Crippen LogP contribution in [0.25, 0.3) is 11.1 Å². The zero-order valence-electron chi connectivity index (χ0n) is 19.3. The molecule has 1 saturated carbocycles. The molecule has 3 heterocycles. The third-order valence-electron chi connectivity index (χ3n) is 6.70. The average molecular weight is 462 g/mol. The molecule has 178 valence electrons. The highest BCUT2D eigenvalue weighted by atomic mass is 16.5. The molecule has 2 aromatic heterocycles. The molecule has 2 fully saturated rings. The molecule has 3 N–H and O–H groups in total. The first kappa shape index (κ1) is 23.9. The van der Waals surface area contributed by atoms with E-state index in [-0.39, 0.29) is 29.3 Å². The van der Waals surface area contributed by atoms with E-state index in [1.54, 1.807) is 12.4 Å². The van der Waals surface area contributed by atoms with E-state index in [1.165, 1.54) is 19.0 Å². The van der Waals surface area contributed by atoms with Crippen molar-refractivity contribution in [2.45, 2.75) is 50.4 Å². The van der Waals surface area contributed by atoms with E-state index in [0.717, 1.165) is 29.7 Å². The Bertz CT molecular complexity index is 1150. The van der Waals surface area contributed by atoms with Crippen molar-refractivity contribution in [3.05, 3.63) is 82.5 Å². The number of H-pyrrole nitrogens is 1. The third kappa shape index (κ3) is 5.26. The summed E-state index contributed by atoms with van der Waals surface area (Å²) in [6, 6.07) is 11.2. The number of aliphatic hydroxyl groups excluding tert-OH is 1. The van der Waals surface area contributed by atoms with Gasteiger partial charge in [0, 0.05) is 49.1 Å². The van der Waals surface area contributed by atoms with E-state index >= 15 is 0 Å². The van der Waals surface area contributed by atoms with Crippen molar-refractivity contribution < 1.29 is 14.6 Å². The quantitative estimate of drug-likeness (QED) is 0.499. The summed E-state index contributed by atoms with van der Waals surface area (Å²) >= 11 is 0. The summed E-state index contributed by atoms with van der Waals surface area (Å²) < 4.78 is 6.26. The molecular formula is C27H31N3O4. The van der Waals surface area contributed by atoms with Crippen molar-refractivity contribution in [1.82, 2.24) is 9.97 Å². The van der Waals surface area contributed by atoms with Gasteiger partial charge in [0.25, 0.3) is 0 Å². The molecule has 1 saturated heterocycles. The molecule has 1 aromatic carbocycles. The standard InChI is InChI=1S/C15H22N2O2.C12H9NO2/c1-16-12-9-17-7-6-10(12)15-8-13(18)11-4-2-3-5-14(11)19-15;14-8-10-6-13-7-11(12(10)15)9-4-2-1-3-5-9/h6-7,9,11,13-16,18H,2-5,8H2,1H3;1-8H,(H,13,15). The molecule has 7 heteroatoms. The van der Waals surface area contributed by atoms with E-state index in [9.17, 15) is 14.7 Å². The number of ether oxygens (including phenoxy) is 1. The summed E-state index contributed by atoms with van der Waals surface area (Å²) in [4.78, 5) is 29.3. The number of nitrogens with one attached hydrogen (secondary N) is 2. The van der Waals surface area contributed by atoms with Gasteiger partial charge in [-0.25, -0.2) is 0 Å². The lowest BCUT2D eigenvalue weighted by molar-refractivity contribution is -0.151. The van der Waals surface area contributed by atoms with Gasteiger partial charge in [-0.3, -0.25) is 14.6 Å².